The van der Waals surface area contributed by atoms with Crippen molar-refractivity contribution in [2.75, 3.05) is 0 Å². The van der Waals surface area contributed by atoms with E-state index in [-0.39, 0.29) is 0 Å². The summed E-state index contributed by atoms with van der Waals surface area (Å²) < 4.78 is 0. The Balaban J connectivity index is 2.37. The van der Waals surface area contributed by atoms with Crippen LogP contribution >= 0.6 is 0 Å². The summed E-state index contributed by atoms with van der Waals surface area (Å²) in [6.07, 6.45) is 6.68. The summed E-state index contributed by atoms with van der Waals surface area (Å²) in [6.45, 7) is 8.07. The molecule has 1 N–H and O–H groups in total. The second kappa shape index (κ2) is 6.06. The molecule has 1 aliphatic rings. The molecule has 2 heteroatoms. The largest absolute Gasteiger partial charge is 0.310 e. The molecule has 1 heterocycles. The molecule has 0 aliphatic carbocycles. The highest BCUT2D eigenvalue weighted by Crippen LogP contribution is 2.18. The fourth-order valence-electron chi connectivity index (χ4n) is 2.15. The first kappa shape index (κ1) is 12.4. The van der Waals surface area contributed by atoms with Crippen LogP contribution in [0.4, 0.5) is 0 Å². The van der Waals surface area contributed by atoms with E-state index in [9.17, 15) is 4.79 Å². The third kappa shape index (κ3) is 4.17. The summed E-state index contributed by atoms with van der Waals surface area (Å²) >= 11 is 0. The average Bonchev–Trinajstić information content (AvgIpc) is 2.17. The Morgan fingerprint density at radius 1 is 1.53 bits per heavy atom. The van der Waals surface area contributed by atoms with Crippen molar-refractivity contribution in [3.05, 3.63) is 12.7 Å². The van der Waals surface area contributed by atoms with E-state index < -0.39 is 0 Å². The zero-order valence-electron chi connectivity index (χ0n) is 9.96. The third-order valence-electron chi connectivity index (χ3n) is 3.14. The van der Waals surface area contributed by atoms with Crippen molar-refractivity contribution in [3.8, 4) is 0 Å². The van der Waals surface area contributed by atoms with Gasteiger partial charge in [0.1, 0.15) is 5.78 Å². The second-order valence-electron chi connectivity index (χ2n) is 4.88. The summed E-state index contributed by atoms with van der Waals surface area (Å²) in [6, 6.07) is 0.790. The molecule has 1 aliphatic heterocycles. The standard InChI is InChI=1S/C13H23NO/c1-4-5-6-7-11-8-12(15)9-13(14-11)10(2)3/h4,10-11,13-14H,1,5-9H2,2-3H3/t11-,13-/m1/s1. The van der Waals surface area contributed by atoms with Gasteiger partial charge < -0.3 is 5.32 Å². The maximum absolute atomic E-state index is 11.6. The van der Waals surface area contributed by atoms with Crippen LogP contribution in [0.3, 0.4) is 0 Å². The number of hydrogen-bond donors (Lipinski definition) is 1. The van der Waals surface area contributed by atoms with E-state index in [0.29, 0.717) is 23.8 Å². The highest BCUT2D eigenvalue weighted by Gasteiger charge is 2.27. The van der Waals surface area contributed by atoms with Crippen molar-refractivity contribution in [2.24, 2.45) is 5.92 Å². The van der Waals surface area contributed by atoms with Crippen molar-refractivity contribution in [1.29, 1.82) is 0 Å². The van der Waals surface area contributed by atoms with E-state index in [2.05, 4.69) is 25.7 Å². The van der Waals surface area contributed by atoms with Gasteiger partial charge in [-0.05, 0) is 25.2 Å². The smallest absolute Gasteiger partial charge is 0.136 e. The summed E-state index contributed by atoms with van der Waals surface area (Å²) in [5.74, 6) is 0.979. The average molecular weight is 209 g/mol. The minimum absolute atomic E-state index is 0.389. The van der Waals surface area contributed by atoms with Crippen LogP contribution in [0.2, 0.25) is 0 Å². The van der Waals surface area contributed by atoms with Crippen molar-refractivity contribution < 1.29 is 4.79 Å². The summed E-state index contributed by atoms with van der Waals surface area (Å²) in [4.78, 5) is 11.6. The maximum Gasteiger partial charge on any atom is 0.136 e. The van der Waals surface area contributed by atoms with Gasteiger partial charge in [-0.3, -0.25) is 4.79 Å². The van der Waals surface area contributed by atoms with Crippen LogP contribution < -0.4 is 5.32 Å². The third-order valence-corrected chi connectivity index (χ3v) is 3.14. The lowest BCUT2D eigenvalue weighted by Crippen LogP contribution is -2.48. The molecule has 0 amide bonds. The molecule has 2 atom stereocenters. The summed E-state index contributed by atoms with van der Waals surface area (Å²) in [7, 11) is 0. The predicted octanol–water partition coefficient (Wildman–Crippen LogP) is 2.69. The number of carbonyl (C=O) groups excluding carboxylic acids is 1. The molecule has 0 bridgehead atoms. The molecule has 0 aromatic heterocycles. The molecule has 1 saturated heterocycles. The summed E-state index contributed by atoms with van der Waals surface area (Å²) in [5.41, 5.74) is 0. The first-order valence-corrected chi connectivity index (χ1v) is 6.02. The predicted molar refractivity (Wildman–Crippen MR) is 63.8 cm³/mol. The fourth-order valence-corrected chi connectivity index (χ4v) is 2.15. The molecule has 86 valence electrons. The fraction of sp³-hybridized carbons (Fsp3) is 0.769. The van der Waals surface area contributed by atoms with Crippen LogP contribution in [-0.4, -0.2) is 17.9 Å². The SMILES string of the molecule is C=CCCC[C@@H]1CC(=O)C[C@H](C(C)C)N1. The molecule has 0 saturated carbocycles. The number of hydrogen-bond acceptors (Lipinski definition) is 2. The molecule has 0 aromatic rings. The number of piperidine rings is 1. The van der Waals surface area contributed by atoms with Crippen molar-refractivity contribution in [2.45, 2.75) is 58.0 Å². The molecular weight excluding hydrogens is 186 g/mol. The lowest BCUT2D eigenvalue weighted by Gasteiger charge is -2.32. The van der Waals surface area contributed by atoms with Crippen LogP contribution in [0.15, 0.2) is 12.7 Å². The Kier molecular flexibility index (Phi) is 5.03. The highest BCUT2D eigenvalue weighted by molar-refractivity contribution is 5.80. The van der Waals surface area contributed by atoms with Crippen LogP contribution in [0.1, 0.15) is 46.0 Å². The van der Waals surface area contributed by atoms with Crippen LogP contribution in [0, 0.1) is 5.92 Å². The van der Waals surface area contributed by atoms with Gasteiger partial charge in [-0.15, -0.1) is 6.58 Å². The Morgan fingerprint density at radius 2 is 2.27 bits per heavy atom. The van der Waals surface area contributed by atoms with E-state index in [1.807, 2.05) is 6.08 Å². The van der Waals surface area contributed by atoms with Gasteiger partial charge in [0.05, 0.1) is 0 Å². The second-order valence-corrected chi connectivity index (χ2v) is 4.88. The van der Waals surface area contributed by atoms with E-state index in [1.165, 1.54) is 0 Å². The Hall–Kier alpha value is -0.630. The molecule has 0 radical (unpaired) electrons. The molecule has 1 fully saturated rings. The topological polar surface area (TPSA) is 29.1 Å². The quantitative estimate of drug-likeness (QED) is 0.557. The number of carbonyl (C=O) groups is 1. The molecular formula is C13H23NO. The van der Waals surface area contributed by atoms with Gasteiger partial charge in [0.2, 0.25) is 0 Å². The van der Waals surface area contributed by atoms with Crippen molar-refractivity contribution in [1.82, 2.24) is 5.32 Å². The number of ketones is 1. The lowest BCUT2D eigenvalue weighted by atomic mass is 9.89. The minimum Gasteiger partial charge on any atom is -0.310 e. The first-order valence-electron chi connectivity index (χ1n) is 6.02. The van der Waals surface area contributed by atoms with Crippen LogP contribution in [0.25, 0.3) is 0 Å². The monoisotopic (exact) mass is 209 g/mol. The van der Waals surface area contributed by atoms with E-state index in [4.69, 9.17) is 0 Å². The number of allylic oxidation sites excluding steroid dienone is 1. The van der Waals surface area contributed by atoms with Crippen LogP contribution in [0.5, 0.6) is 0 Å². The zero-order chi connectivity index (χ0) is 11.3. The molecule has 15 heavy (non-hydrogen) atoms. The Morgan fingerprint density at radius 3 is 2.87 bits per heavy atom. The Bertz CT molecular complexity index is 223. The van der Waals surface area contributed by atoms with Gasteiger partial charge in [0, 0.05) is 24.9 Å². The zero-order valence-corrected chi connectivity index (χ0v) is 9.96. The normalized spacial score (nSPS) is 27.0. The number of unbranched alkanes of at least 4 members (excludes halogenated alkanes) is 1. The molecule has 0 spiro atoms. The molecule has 2 nitrogen and oxygen atoms in total. The number of nitrogens with one attached hydrogen (secondary N) is 1. The van der Waals surface area contributed by atoms with E-state index >= 15 is 0 Å². The highest BCUT2D eigenvalue weighted by atomic mass is 16.1. The number of Topliss-reactive ketones (excluding diaryl/α,β-unsaturated/α-hetero) is 1. The molecule has 1 rings (SSSR count). The lowest BCUT2D eigenvalue weighted by molar-refractivity contribution is -0.122. The van der Waals surface area contributed by atoms with Crippen LogP contribution in [-0.2, 0) is 4.79 Å². The summed E-state index contributed by atoms with van der Waals surface area (Å²) in [5, 5.41) is 3.59. The van der Waals surface area contributed by atoms with Gasteiger partial charge >= 0.3 is 0 Å². The van der Waals surface area contributed by atoms with E-state index in [1.54, 1.807) is 0 Å². The van der Waals surface area contributed by atoms with E-state index in [0.717, 1.165) is 32.1 Å². The Labute approximate surface area is 93.1 Å². The molecule has 0 aromatic carbocycles. The van der Waals surface area contributed by atoms with Gasteiger partial charge in [0.25, 0.3) is 0 Å². The maximum atomic E-state index is 11.6. The first-order chi connectivity index (χ1) is 7.13. The number of rotatable bonds is 5. The molecule has 0 unspecified atom stereocenters. The van der Waals surface area contributed by atoms with Gasteiger partial charge in [-0.1, -0.05) is 19.9 Å². The van der Waals surface area contributed by atoms with Gasteiger partial charge in [-0.25, -0.2) is 0 Å². The van der Waals surface area contributed by atoms with Gasteiger partial charge in [-0.2, -0.15) is 0 Å². The van der Waals surface area contributed by atoms with Gasteiger partial charge in [0.15, 0.2) is 0 Å². The minimum atomic E-state index is 0.389. The van der Waals surface area contributed by atoms with Crippen molar-refractivity contribution in [3.63, 3.8) is 0 Å². The van der Waals surface area contributed by atoms with Crippen molar-refractivity contribution >= 4 is 5.78 Å².